The summed E-state index contributed by atoms with van der Waals surface area (Å²) in [5, 5.41) is 20.2. The van der Waals surface area contributed by atoms with Gasteiger partial charge in [-0.2, -0.15) is 4.98 Å². The summed E-state index contributed by atoms with van der Waals surface area (Å²) >= 11 is 0. The minimum absolute atomic E-state index is 0.0155. The minimum Gasteiger partial charge on any atom is -0.394 e. The van der Waals surface area contributed by atoms with Crippen LogP contribution in [0.2, 0.25) is 0 Å². The number of nitrogens with one attached hydrogen (secondary N) is 1. The van der Waals surface area contributed by atoms with Crippen molar-refractivity contribution in [2.24, 2.45) is 0 Å². The molecule has 1 aliphatic rings. The van der Waals surface area contributed by atoms with E-state index in [0.29, 0.717) is 16.6 Å². The van der Waals surface area contributed by atoms with Crippen LogP contribution >= 0.6 is 0 Å². The quantitative estimate of drug-likeness (QED) is 0.584. The first kappa shape index (κ1) is 15.9. The summed E-state index contributed by atoms with van der Waals surface area (Å²) in [6.07, 6.45) is -0.924. The summed E-state index contributed by atoms with van der Waals surface area (Å²) < 4.78 is 12.8. The number of anilines is 1. The Morgan fingerprint density at radius 2 is 2.30 bits per heavy atom. The van der Waals surface area contributed by atoms with Gasteiger partial charge in [0.05, 0.1) is 12.0 Å². The summed E-state index contributed by atoms with van der Waals surface area (Å²) in [5.74, 6) is -0.0155. The van der Waals surface area contributed by atoms with E-state index in [1.165, 1.54) is 7.11 Å². The molecule has 4 atom stereocenters. The Morgan fingerprint density at radius 3 is 2.91 bits per heavy atom. The van der Waals surface area contributed by atoms with E-state index < -0.39 is 24.0 Å². The number of H-pyrrole nitrogens is 1. The maximum absolute atomic E-state index is 12.1. The first-order valence-electron chi connectivity index (χ1n) is 7.20. The highest BCUT2D eigenvalue weighted by Crippen LogP contribution is 2.42. The molecule has 0 aliphatic carbocycles. The van der Waals surface area contributed by atoms with E-state index in [2.05, 4.69) is 9.97 Å². The highest BCUT2D eigenvalue weighted by Gasteiger charge is 2.54. The van der Waals surface area contributed by atoms with E-state index in [-0.39, 0.29) is 18.1 Å². The fourth-order valence-electron chi connectivity index (χ4n) is 3.13. The lowest BCUT2D eigenvalue weighted by Gasteiger charge is -2.31. The zero-order valence-electron chi connectivity index (χ0n) is 13.1. The molecular weight excluding hydrogens is 304 g/mol. The van der Waals surface area contributed by atoms with Gasteiger partial charge >= 0.3 is 0 Å². The highest BCUT2D eigenvalue weighted by molar-refractivity contribution is 5.80. The molecule has 5 N–H and O–H groups in total. The smallest absolute Gasteiger partial charge is 0.262 e. The third-order valence-electron chi connectivity index (χ3n) is 4.50. The molecule has 2 aromatic rings. The molecule has 0 amide bonds. The van der Waals surface area contributed by atoms with Crippen LogP contribution < -0.4 is 11.3 Å². The van der Waals surface area contributed by atoms with Crippen molar-refractivity contribution in [3.05, 3.63) is 22.1 Å². The molecule has 1 unspecified atom stereocenters. The van der Waals surface area contributed by atoms with Crippen LogP contribution in [-0.2, 0) is 9.47 Å². The van der Waals surface area contributed by atoms with Crippen LogP contribution in [0.4, 0.5) is 5.95 Å². The number of aryl methyl sites for hydroxylation is 1. The molecular formula is C14H20N4O5. The lowest BCUT2D eigenvalue weighted by molar-refractivity contribution is -0.118. The van der Waals surface area contributed by atoms with Gasteiger partial charge in [0.15, 0.2) is 11.9 Å². The van der Waals surface area contributed by atoms with Gasteiger partial charge in [-0.15, -0.1) is 0 Å². The predicted octanol–water partition coefficient (Wildman–Crippen LogP) is -0.729. The van der Waals surface area contributed by atoms with Crippen molar-refractivity contribution in [1.82, 2.24) is 14.5 Å². The Bertz CT molecular complexity index is 800. The molecule has 126 valence electrons. The number of nitrogens with zero attached hydrogens (tertiary/aromatic N) is 2. The molecule has 23 heavy (non-hydrogen) atoms. The number of aliphatic hydroxyl groups is 2. The van der Waals surface area contributed by atoms with E-state index in [1.54, 1.807) is 24.6 Å². The SMILES string of the molecule is CO[C@@]1(C)C(n2cc(C)c3c(=O)[nH]c(N)nc32)O[C@H](CO)[C@H]1O. The van der Waals surface area contributed by atoms with Crippen LogP contribution in [0.5, 0.6) is 0 Å². The second kappa shape index (κ2) is 5.31. The fourth-order valence-corrected chi connectivity index (χ4v) is 3.13. The first-order valence-corrected chi connectivity index (χ1v) is 7.20. The number of aliphatic hydroxyl groups excluding tert-OH is 2. The van der Waals surface area contributed by atoms with Gasteiger partial charge in [0.1, 0.15) is 17.8 Å². The number of ether oxygens (including phenoxy) is 2. The van der Waals surface area contributed by atoms with Crippen LogP contribution in [0.25, 0.3) is 11.0 Å². The van der Waals surface area contributed by atoms with E-state index in [0.717, 1.165) is 0 Å². The highest BCUT2D eigenvalue weighted by atomic mass is 16.6. The van der Waals surface area contributed by atoms with Crippen molar-refractivity contribution in [2.45, 2.75) is 37.9 Å². The average molecular weight is 324 g/mol. The van der Waals surface area contributed by atoms with Crippen LogP contribution in [0.1, 0.15) is 18.7 Å². The maximum Gasteiger partial charge on any atom is 0.262 e. The zero-order valence-corrected chi connectivity index (χ0v) is 13.1. The second-order valence-electron chi connectivity index (χ2n) is 5.91. The second-order valence-corrected chi connectivity index (χ2v) is 5.91. The Morgan fingerprint density at radius 1 is 1.61 bits per heavy atom. The van der Waals surface area contributed by atoms with E-state index in [1.807, 2.05) is 0 Å². The molecule has 3 rings (SSSR count). The summed E-state index contributed by atoms with van der Waals surface area (Å²) in [6, 6.07) is 0. The van der Waals surface area contributed by atoms with Crippen molar-refractivity contribution >= 4 is 17.0 Å². The third-order valence-corrected chi connectivity index (χ3v) is 4.50. The molecule has 0 saturated carbocycles. The zero-order chi connectivity index (χ0) is 16.9. The summed E-state index contributed by atoms with van der Waals surface area (Å²) in [4.78, 5) is 18.8. The standard InChI is InChI=1S/C14H20N4O5/c1-6-4-18(10-8(6)11(21)17-13(15)16-10)12-14(2,22-3)9(20)7(5-19)23-12/h4,7,9,12,19-20H,5H2,1-3H3,(H3,15,16,17,21)/t7-,9-,12?,14-/m1/s1. The van der Waals surface area contributed by atoms with Crippen molar-refractivity contribution in [1.29, 1.82) is 0 Å². The van der Waals surface area contributed by atoms with Gasteiger partial charge in [0, 0.05) is 13.3 Å². The molecule has 1 fully saturated rings. The van der Waals surface area contributed by atoms with E-state index in [4.69, 9.17) is 15.2 Å². The Labute approximate surface area is 131 Å². The lowest BCUT2D eigenvalue weighted by atomic mass is 9.96. The summed E-state index contributed by atoms with van der Waals surface area (Å²) in [5.41, 5.74) is 5.20. The summed E-state index contributed by atoms with van der Waals surface area (Å²) in [6.45, 7) is 3.09. The molecule has 2 aromatic heterocycles. The molecule has 0 aromatic carbocycles. The van der Waals surface area contributed by atoms with Gasteiger partial charge in [0.25, 0.3) is 5.56 Å². The van der Waals surface area contributed by atoms with Gasteiger partial charge in [-0.05, 0) is 19.4 Å². The molecule has 0 bridgehead atoms. The number of rotatable bonds is 3. The molecule has 9 nitrogen and oxygen atoms in total. The fraction of sp³-hybridized carbons (Fsp3) is 0.571. The topological polar surface area (TPSA) is 136 Å². The lowest BCUT2D eigenvalue weighted by Crippen LogP contribution is -2.46. The van der Waals surface area contributed by atoms with Crippen LogP contribution in [0.3, 0.4) is 0 Å². The number of nitrogens with two attached hydrogens (primary N) is 1. The van der Waals surface area contributed by atoms with Crippen molar-refractivity contribution < 1.29 is 19.7 Å². The van der Waals surface area contributed by atoms with Crippen LogP contribution in [0, 0.1) is 6.92 Å². The molecule has 3 heterocycles. The molecule has 9 heteroatoms. The number of aromatic amines is 1. The Hall–Kier alpha value is -1.94. The van der Waals surface area contributed by atoms with Gasteiger partial charge < -0.3 is 30.0 Å². The number of methoxy groups -OCH3 is 1. The van der Waals surface area contributed by atoms with E-state index in [9.17, 15) is 15.0 Å². The van der Waals surface area contributed by atoms with Gasteiger partial charge in [-0.1, -0.05) is 0 Å². The average Bonchev–Trinajstić information content (AvgIpc) is 2.95. The minimum atomic E-state index is -1.12. The van der Waals surface area contributed by atoms with Gasteiger partial charge in [-0.3, -0.25) is 9.78 Å². The van der Waals surface area contributed by atoms with Crippen LogP contribution in [0.15, 0.2) is 11.0 Å². The molecule has 1 aliphatic heterocycles. The number of aromatic nitrogens is 3. The van der Waals surface area contributed by atoms with Crippen molar-refractivity contribution in [3.8, 4) is 0 Å². The number of fused-ring (bicyclic) bond motifs is 1. The maximum atomic E-state index is 12.1. The first-order chi connectivity index (χ1) is 10.8. The van der Waals surface area contributed by atoms with Gasteiger partial charge in [-0.25, -0.2) is 0 Å². The Kier molecular flexibility index (Phi) is 3.68. The van der Waals surface area contributed by atoms with E-state index >= 15 is 0 Å². The normalized spacial score (nSPS) is 31.1. The molecule has 1 saturated heterocycles. The van der Waals surface area contributed by atoms with Crippen LogP contribution in [-0.4, -0.2) is 56.3 Å². The van der Waals surface area contributed by atoms with Crippen molar-refractivity contribution in [3.63, 3.8) is 0 Å². The number of hydrogen-bond donors (Lipinski definition) is 4. The van der Waals surface area contributed by atoms with Gasteiger partial charge in [0.2, 0.25) is 5.95 Å². The largest absolute Gasteiger partial charge is 0.394 e. The summed E-state index contributed by atoms with van der Waals surface area (Å²) in [7, 11) is 1.45. The molecule has 0 radical (unpaired) electrons. The number of nitrogen functional groups attached to an aromatic ring is 1. The Balaban J connectivity index is 2.22. The van der Waals surface area contributed by atoms with Crippen molar-refractivity contribution in [2.75, 3.05) is 19.5 Å². The number of hydrogen-bond acceptors (Lipinski definition) is 7. The third kappa shape index (κ3) is 2.16. The monoisotopic (exact) mass is 324 g/mol. The predicted molar refractivity (Wildman–Crippen MR) is 81.9 cm³/mol. The molecule has 0 spiro atoms.